The van der Waals surface area contributed by atoms with Crippen molar-refractivity contribution >= 4 is 5.91 Å². The largest absolute Gasteiger partial charge is 0.381 e. The molecular formula is C18H32N2O3. The lowest BCUT2D eigenvalue weighted by Gasteiger charge is -2.51. The van der Waals surface area contributed by atoms with Crippen LogP contribution in [0, 0.1) is 5.92 Å². The lowest BCUT2D eigenvalue weighted by molar-refractivity contribution is -0.131. The summed E-state index contributed by atoms with van der Waals surface area (Å²) >= 11 is 0. The van der Waals surface area contributed by atoms with Crippen LogP contribution in [0.15, 0.2) is 0 Å². The molecule has 5 heteroatoms. The van der Waals surface area contributed by atoms with E-state index in [-0.39, 0.29) is 23.0 Å². The summed E-state index contributed by atoms with van der Waals surface area (Å²) in [5, 5.41) is 3.26. The van der Waals surface area contributed by atoms with Crippen molar-refractivity contribution in [1.82, 2.24) is 10.2 Å². The van der Waals surface area contributed by atoms with Gasteiger partial charge in [0.1, 0.15) is 0 Å². The highest BCUT2D eigenvalue weighted by Crippen LogP contribution is 2.36. The standard InChI is InChI=1S/C18H32N2O3/c1-17(2)14-20(9-11-23-17)18(7-4-3-5-8-18)13-19-16(21)15-6-10-22-12-15/h15H,3-14H2,1-2H3,(H,19,21). The van der Waals surface area contributed by atoms with Gasteiger partial charge >= 0.3 is 0 Å². The van der Waals surface area contributed by atoms with E-state index in [1.807, 2.05) is 0 Å². The SMILES string of the molecule is CC1(C)CN(C2(CNC(=O)C3CCOC3)CCCCC2)CCO1. The van der Waals surface area contributed by atoms with Gasteiger partial charge in [0.25, 0.3) is 0 Å². The van der Waals surface area contributed by atoms with Gasteiger partial charge in [-0.25, -0.2) is 0 Å². The fourth-order valence-corrected chi connectivity index (χ4v) is 4.37. The second-order valence-corrected chi connectivity index (χ2v) is 8.09. The minimum absolute atomic E-state index is 0.0526. The first-order chi connectivity index (χ1) is 11.0. The second kappa shape index (κ2) is 7.08. The van der Waals surface area contributed by atoms with Crippen LogP contribution >= 0.6 is 0 Å². The third-order valence-electron chi connectivity index (χ3n) is 5.77. The molecule has 1 saturated carbocycles. The number of nitrogens with zero attached hydrogens (tertiary/aromatic N) is 1. The summed E-state index contributed by atoms with van der Waals surface area (Å²) < 4.78 is 11.2. The summed E-state index contributed by atoms with van der Waals surface area (Å²) in [5.74, 6) is 0.233. The van der Waals surface area contributed by atoms with E-state index in [4.69, 9.17) is 9.47 Å². The molecule has 1 aliphatic carbocycles. The molecule has 1 unspecified atom stereocenters. The molecule has 3 aliphatic rings. The molecule has 2 saturated heterocycles. The van der Waals surface area contributed by atoms with Crippen LogP contribution in [0.4, 0.5) is 0 Å². The smallest absolute Gasteiger partial charge is 0.225 e. The second-order valence-electron chi connectivity index (χ2n) is 8.09. The van der Waals surface area contributed by atoms with Gasteiger partial charge in [0.15, 0.2) is 0 Å². The molecular weight excluding hydrogens is 292 g/mol. The van der Waals surface area contributed by atoms with Gasteiger partial charge in [-0.05, 0) is 33.1 Å². The van der Waals surface area contributed by atoms with Crippen molar-refractivity contribution in [1.29, 1.82) is 0 Å². The van der Waals surface area contributed by atoms with Crippen molar-refractivity contribution in [2.45, 2.75) is 63.5 Å². The van der Waals surface area contributed by atoms with Crippen LogP contribution in [-0.2, 0) is 14.3 Å². The fourth-order valence-electron chi connectivity index (χ4n) is 4.37. The van der Waals surface area contributed by atoms with Crippen molar-refractivity contribution in [3.63, 3.8) is 0 Å². The van der Waals surface area contributed by atoms with Crippen molar-refractivity contribution < 1.29 is 14.3 Å². The summed E-state index contributed by atoms with van der Waals surface area (Å²) in [5.41, 5.74) is 0.0282. The van der Waals surface area contributed by atoms with Gasteiger partial charge in [-0.15, -0.1) is 0 Å². The number of rotatable bonds is 4. The molecule has 3 rings (SSSR count). The Morgan fingerprint density at radius 1 is 1.22 bits per heavy atom. The van der Waals surface area contributed by atoms with Crippen molar-refractivity contribution in [3.05, 3.63) is 0 Å². The van der Waals surface area contributed by atoms with E-state index in [1.165, 1.54) is 32.1 Å². The highest BCUT2D eigenvalue weighted by molar-refractivity contribution is 5.79. The average molecular weight is 324 g/mol. The molecule has 1 amide bonds. The Morgan fingerprint density at radius 3 is 2.65 bits per heavy atom. The predicted octanol–water partition coefficient (Wildman–Crippen LogP) is 1.95. The van der Waals surface area contributed by atoms with Gasteiger partial charge in [0.2, 0.25) is 5.91 Å². The number of carbonyl (C=O) groups is 1. The molecule has 0 bridgehead atoms. The van der Waals surface area contributed by atoms with Crippen LogP contribution in [0.1, 0.15) is 52.4 Å². The van der Waals surface area contributed by atoms with Crippen LogP contribution < -0.4 is 5.32 Å². The monoisotopic (exact) mass is 324 g/mol. The molecule has 23 heavy (non-hydrogen) atoms. The van der Waals surface area contributed by atoms with E-state index in [0.29, 0.717) is 6.61 Å². The van der Waals surface area contributed by atoms with Crippen LogP contribution in [-0.4, -0.2) is 61.4 Å². The quantitative estimate of drug-likeness (QED) is 0.859. The van der Waals surface area contributed by atoms with Gasteiger partial charge in [-0.1, -0.05) is 19.3 Å². The number of nitrogens with one attached hydrogen (secondary N) is 1. The highest BCUT2D eigenvalue weighted by atomic mass is 16.5. The molecule has 1 atom stereocenters. The number of carbonyl (C=O) groups excluding carboxylic acids is 1. The normalized spacial score (nSPS) is 31.0. The third kappa shape index (κ3) is 4.06. The van der Waals surface area contributed by atoms with Crippen molar-refractivity contribution in [3.8, 4) is 0 Å². The highest BCUT2D eigenvalue weighted by Gasteiger charge is 2.42. The number of hydrogen-bond acceptors (Lipinski definition) is 4. The molecule has 3 fully saturated rings. The molecule has 1 N–H and O–H groups in total. The summed E-state index contributed by atoms with van der Waals surface area (Å²) in [4.78, 5) is 15.0. The topological polar surface area (TPSA) is 50.8 Å². The van der Waals surface area contributed by atoms with E-state index in [2.05, 4.69) is 24.1 Å². The Kier molecular flexibility index (Phi) is 5.29. The molecule has 0 aromatic carbocycles. The third-order valence-corrected chi connectivity index (χ3v) is 5.77. The van der Waals surface area contributed by atoms with E-state index >= 15 is 0 Å². The molecule has 2 heterocycles. The van der Waals surface area contributed by atoms with Crippen LogP contribution in [0.25, 0.3) is 0 Å². The van der Waals surface area contributed by atoms with Gasteiger partial charge in [-0.2, -0.15) is 0 Å². The van der Waals surface area contributed by atoms with E-state index in [9.17, 15) is 4.79 Å². The summed E-state index contributed by atoms with van der Waals surface area (Å²) in [6.45, 7) is 9.15. The van der Waals surface area contributed by atoms with Crippen molar-refractivity contribution in [2.75, 3.05) is 39.5 Å². The number of morpholine rings is 1. The zero-order valence-electron chi connectivity index (χ0n) is 14.7. The molecule has 2 aliphatic heterocycles. The Bertz CT molecular complexity index is 412. The number of hydrogen-bond donors (Lipinski definition) is 1. The number of ether oxygens (including phenoxy) is 2. The summed E-state index contributed by atoms with van der Waals surface area (Å²) in [7, 11) is 0. The molecule has 0 aromatic rings. The average Bonchev–Trinajstić information content (AvgIpc) is 3.07. The van der Waals surface area contributed by atoms with Crippen LogP contribution in [0.3, 0.4) is 0 Å². The minimum atomic E-state index is -0.0913. The molecule has 0 aromatic heterocycles. The molecule has 132 valence electrons. The zero-order chi connectivity index (χ0) is 16.3. The lowest BCUT2D eigenvalue weighted by atomic mass is 9.79. The molecule has 0 spiro atoms. The lowest BCUT2D eigenvalue weighted by Crippen LogP contribution is -2.63. The number of amides is 1. The fraction of sp³-hybridized carbons (Fsp3) is 0.944. The molecule has 0 radical (unpaired) electrons. The maximum atomic E-state index is 12.4. The zero-order valence-corrected chi connectivity index (χ0v) is 14.7. The van der Waals surface area contributed by atoms with Crippen LogP contribution in [0.5, 0.6) is 0 Å². The Morgan fingerprint density at radius 2 is 2.00 bits per heavy atom. The van der Waals surface area contributed by atoms with Gasteiger partial charge < -0.3 is 14.8 Å². The Labute approximate surface area is 140 Å². The van der Waals surface area contributed by atoms with Crippen LogP contribution in [0.2, 0.25) is 0 Å². The van der Waals surface area contributed by atoms with Gasteiger partial charge in [-0.3, -0.25) is 9.69 Å². The van der Waals surface area contributed by atoms with Gasteiger partial charge in [0.05, 0.1) is 24.7 Å². The minimum Gasteiger partial charge on any atom is -0.381 e. The molecule has 5 nitrogen and oxygen atoms in total. The first-order valence-corrected chi connectivity index (χ1v) is 9.25. The van der Waals surface area contributed by atoms with Gasteiger partial charge in [0, 0.05) is 31.8 Å². The maximum Gasteiger partial charge on any atom is 0.225 e. The maximum absolute atomic E-state index is 12.4. The Balaban J connectivity index is 1.65. The Hall–Kier alpha value is -0.650. The summed E-state index contributed by atoms with van der Waals surface area (Å²) in [6, 6.07) is 0. The van der Waals surface area contributed by atoms with Crippen molar-refractivity contribution in [2.24, 2.45) is 5.92 Å². The predicted molar refractivity (Wildman–Crippen MR) is 89.4 cm³/mol. The van der Waals surface area contributed by atoms with E-state index in [0.717, 1.165) is 39.3 Å². The first-order valence-electron chi connectivity index (χ1n) is 9.25. The van der Waals surface area contributed by atoms with E-state index in [1.54, 1.807) is 0 Å². The van der Waals surface area contributed by atoms with E-state index < -0.39 is 0 Å². The first kappa shape index (κ1) is 17.2. The summed E-state index contributed by atoms with van der Waals surface area (Å²) in [6.07, 6.45) is 7.08.